The lowest BCUT2D eigenvalue weighted by Gasteiger charge is -2.24. The third kappa shape index (κ3) is 2.92. The quantitative estimate of drug-likeness (QED) is 0.672. The number of amides is 1. The van der Waals surface area contributed by atoms with E-state index in [1.54, 1.807) is 0 Å². The van der Waals surface area contributed by atoms with Gasteiger partial charge in [-0.15, -0.1) is 0 Å². The number of fused-ring (bicyclic) bond motifs is 1. The Bertz CT molecular complexity index is 743. The number of H-pyrrole nitrogens is 1. The zero-order valence-electron chi connectivity index (χ0n) is 12.3. The Balaban J connectivity index is 2.06. The van der Waals surface area contributed by atoms with Crippen LogP contribution in [0.2, 0.25) is 0 Å². The number of hydrogen-bond donors (Lipinski definition) is 2. The first-order chi connectivity index (χ1) is 10.7. The molecule has 22 heavy (non-hydrogen) atoms. The van der Waals surface area contributed by atoms with Crippen molar-refractivity contribution in [3.8, 4) is 0 Å². The van der Waals surface area contributed by atoms with Gasteiger partial charge in [0.05, 0.1) is 5.56 Å². The average Bonchev–Trinajstić information content (AvgIpc) is 2.52. The first-order valence-corrected chi connectivity index (χ1v) is 8.29. The van der Waals surface area contributed by atoms with E-state index in [2.05, 4.69) is 22.2 Å². The van der Waals surface area contributed by atoms with Crippen molar-refractivity contribution in [2.75, 3.05) is 11.1 Å². The molecule has 0 saturated carbocycles. The Morgan fingerprint density at radius 3 is 2.77 bits per heavy atom. The maximum absolute atomic E-state index is 12.5. The average molecular weight is 315 g/mol. The van der Waals surface area contributed by atoms with Crippen molar-refractivity contribution in [2.45, 2.75) is 30.8 Å². The first kappa shape index (κ1) is 14.8. The summed E-state index contributed by atoms with van der Waals surface area (Å²) in [6.45, 7) is 2.07. The molecule has 1 aliphatic heterocycles. The van der Waals surface area contributed by atoms with Gasteiger partial charge in [0, 0.05) is 18.1 Å². The van der Waals surface area contributed by atoms with E-state index < -0.39 is 0 Å². The van der Waals surface area contributed by atoms with Gasteiger partial charge < -0.3 is 10.3 Å². The van der Waals surface area contributed by atoms with Gasteiger partial charge in [-0.25, -0.2) is 4.98 Å². The lowest BCUT2D eigenvalue weighted by Crippen LogP contribution is -2.31. The van der Waals surface area contributed by atoms with E-state index in [4.69, 9.17) is 0 Å². The molecule has 1 atom stereocenters. The number of aromatic nitrogens is 2. The number of carbonyl (C=O) groups excluding carboxylic acids is 1. The molecular formula is C16H17N3O2S. The highest BCUT2D eigenvalue weighted by Crippen LogP contribution is 2.34. The van der Waals surface area contributed by atoms with Crippen molar-refractivity contribution in [1.82, 2.24) is 9.97 Å². The molecule has 114 valence electrons. The van der Waals surface area contributed by atoms with E-state index in [0.29, 0.717) is 16.5 Å². The van der Waals surface area contributed by atoms with Crippen LogP contribution in [-0.4, -0.2) is 21.6 Å². The smallest absolute Gasteiger partial charge is 0.257 e. The van der Waals surface area contributed by atoms with Crippen LogP contribution in [-0.2, 0) is 4.79 Å². The largest absolute Gasteiger partial charge is 0.310 e. The minimum absolute atomic E-state index is 0.106. The van der Waals surface area contributed by atoms with Gasteiger partial charge >= 0.3 is 0 Å². The van der Waals surface area contributed by atoms with Gasteiger partial charge in [-0.3, -0.25) is 9.59 Å². The van der Waals surface area contributed by atoms with Gasteiger partial charge in [-0.2, -0.15) is 0 Å². The molecule has 2 aromatic rings. The number of thioether (sulfide) groups is 1. The summed E-state index contributed by atoms with van der Waals surface area (Å²) in [5.74, 6) is 0.919. The molecule has 1 amide bonds. The summed E-state index contributed by atoms with van der Waals surface area (Å²) in [6.07, 6.45) is 1.26. The van der Waals surface area contributed by atoms with E-state index in [0.717, 1.165) is 17.7 Å². The number of nitrogens with zero attached hydrogens (tertiary/aromatic N) is 1. The summed E-state index contributed by atoms with van der Waals surface area (Å²) in [5, 5.41) is 3.29. The van der Waals surface area contributed by atoms with Gasteiger partial charge in [0.1, 0.15) is 5.82 Å². The lowest BCUT2D eigenvalue weighted by molar-refractivity contribution is -0.116. The second kappa shape index (κ2) is 6.36. The van der Waals surface area contributed by atoms with E-state index in [1.165, 1.54) is 11.8 Å². The molecule has 0 aliphatic carbocycles. The molecule has 3 rings (SSSR count). The van der Waals surface area contributed by atoms with Gasteiger partial charge in [0.15, 0.2) is 5.16 Å². The number of aromatic amines is 1. The number of nitrogens with one attached hydrogen (secondary N) is 2. The molecule has 0 spiro atoms. The molecular weight excluding hydrogens is 298 g/mol. The van der Waals surface area contributed by atoms with Crippen molar-refractivity contribution >= 4 is 23.5 Å². The fourth-order valence-corrected chi connectivity index (χ4v) is 3.31. The Morgan fingerprint density at radius 2 is 2.05 bits per heavy atom. The van der Waals surface area contributed by atoms with E-state index in [-0.39, 0.29) is 23.8 Å². The topological polar surface area (TPSA) is 74.8 Å². The number of benzene rings is 1. The highest BCUT2D eigenvalue weighted by atomic mass is 32.2. The van der Waals surface area contributed by atoms with Crippen LogP contribution in [0.4, 0.5) is 5.82 Å². The molecule has 0 bridgehead atoms. The van der Waals surface area contributed by atoms with Crippen LogP contribution < -0.4 is 10.9 Å². The Labute approximate surface area is 132 Å². The van der Waals surface area contributed by atoms with Crippen LogP contribution in [0.3, 0.4) is 0 Å². The van der Waals surface area contributed by atoms with Gasteiger partial charge in [0.25, 0.3) is 5.56 Å². The highest BCUT2D eigenvalue weighted by Gasteiger charge is 2.30. The molecule has 6 heteroatoms. The number of hydrogen-bond acceptors (Lipinski definition) is 4. The van der Waals surface area contributed by atoms with Gasteiger partial charge in [-0.1, -0.05) is 49.0 Å². The summed E-state index contributed by atoms with van der Waals surface area (Å²) in [6, 6.07) is 9.61. The third-order valence-electron chi connectivity index (χ3n) is 3.57. The van der Waals surface area contributed by atoms with E-state index in [9.17, 15) is 9.59 Å². The van der Waals surface area contributed by atoms with Gasteiger partial charge in [-0.05, 0) is 12.0 Å². The normalized spacial score (nSPS) is 17.0. The van der Waals surface area contributed by atoms with Crippen molar-refractivity contribution in [3.05, 3.63) is 51.8 Å². The molecule has 1 unspecified atom stereocenters. The Kier molecular flexibility index (Phi) is 4.29. The molecule has 2 N–H and O–H groups in total. The molecule has 1 aromatic heterocycles. The zero-order valence-corrected chi connectivity index (χ0v) is 13.1. The molecule has 2 heterocycles. The Morgan fingerprint density at radius 1 is 1.27 bits per heavy atom. The summed E-state index contributed by atoms with van der Waals surface area (Å²) < 4.78 is 0. The molecule has 1 aliphatic rings. The van der Waals surface area contributed by atoms with Crippen LogP contribution in [0.1, 0.15) is 36.8 Å². The van der Waals surface area contributed by atoms with Crippen LogP contribution in [0.15, 0.2) is 40.3 Å². The molecule has 0 fully saturated rings. The van der Waals surface area contributed by atoms with Crippen LogP contribution >= 0.6 is 11.8 Å². The van der Waals surface area contributed by atoms with Crippen molar-refractivity contribution < 1.29 is 4.79 Å². The van der Waals surface area contributed by atoms with Gasteiger partial charge in [0.2, 0.25) is 5.91 Å². The fraction of sp³-hybridized carbons (Fsp3) is 0.312. The minimum atomic E-state index is -0.244. The van der Waals surface area contributed by atoms with Crippen LogP contribution in [0.25, 0.3) is 0 Å². The molecule has 0 saturated heterocycles. The van der Waals surface area contributed by atoms with Crippen molar-refractivity contribution in [1.29, 1.82) is 0 Å². The summed E-state index contributed by atoms with van der Waals surface area (Å²) >= 11 is 1.49. The number of carbonyl (C=O) groups is 1. The first-order valence-electron chi connectivity index (χ1n) is 7.31. The molecule has 1 aromatic carbocycles. The van der Waals surface area contributed by atoms with E-state index >= 15 is 0 Å². The van der Waals surface area contributed by atoms with Crippen molar-refractivity contribution in [2.24, 2.45) is 0 Å². The molecule has 0 radical (unpaired) electrons. The standard InChI is InChI=1S/C16H17N3O2S/c1-2-8-22-16-18-14-13(15(21)19-16)11(9-12(20)17-14)10-6-4-3-5-7-10/h3-7,11H,2,8-9H2,1H3,(H2,17,18,19,20,21). The lowest BCUT2D eigenvalue weighted by atomic mass is 9.87. The predicted octanol–water partition coefficient (Wildman–Crippen LogP) is 2.75. The number of rotatable bonds is 4. The van der Waals surface area contributed by atoms with E-state index in [1.807, 2.05) is 30.3 Å². The summed E-state index contributed by atoms with van der Waals surface area (Å²) in [4.78, 5) is 31.7. The maximum Gasteiger partial charge on any atom is 0.257 e. The minimum Gasteiger partial charge on any atom is -0.310 e. The Hall–Kier alpha value is -2.08. The van der Waals surface area contributed by atoms with Crippen LogP contribution in [0, 0.1) is 0 Å². The third-order valence-corrected chi connectivity index (χ3v) is 4.65. The fourth-order valence-electron chi connectivity index (χ4n) is 2.59. The zero-order chi connectivity index (χ0) is 15.5. The maximum atomic E-state index is 12.5. The summed E-state index contributed by atoms with van der Waals surface area (Å²) in [5.41, 5.74) is 1.34. The molecule has 5 nitrogen and oxygen atoms in total. The second-order valence-electron chi connectivity index (χ2n) is 5.20. The van der Waals surface area contributed by atoms with Crippen molar-refractivity contribution in [3.63, 3.8) is 0 Å². The SMILES string of the molecule is CCCSc1nc2c(c(=O)[nH]1)C(c1ccccc1)CC(=O)N2. The summed E-state index contributed by atoms with van der Waals surface area (Å²) in [7, 11) is 0. The predicted molar refractivity (Wildman–Crippen MR) is 87.4 cm³/mol. The second-order valence-corrected chi connectivity index (χ2v) is 6.28. The van der Waals surface area contributed by atoms with Crippen LogP contribution in [0.5, 0.6) is 0 Å². The highest BCUT2D eigenvalue weighted by molar-refractivity contribution is 7.99. The number of anilines is 1. The monoisotopic (exact) mass is 315 g/mol.